The van der Waals surface area contributed by atoms with Crippen LogP contribution in [0.2, 0.25) is 0 Å². The summed E-state index contributed by atoms with van der Waals surface area (Å²) in [4.78, 5) is 9.45. The van der Waals surface area contributed by atoms with E-state index in [0.29, 0.717) is 13.1 Å². The zero-order chi connectivity index (χ0) is 15.3. The highest BCUT2D eigenvalue weighted by atomic mass is 19.4. The molecular formula is C12H20F3N5. The molecule has 1 heterocycles. The van der Waals surface area contributed by atoms with Crippen molar-refractivity contribution in [2.24, 2.45) is 0 Å². The van der Waals surface area contributed by atoms with Crippen molar-refractivity contribution in [1.82, 2.24) is 14.9 Å². The number of rotatable bonds is 6. The Labute approximate surface area is 116 Å². The van der Waals surface area contributed by atoms with Gasteiger partial charge in [-0.05, 0) is 27.9 Å². The molecule has 0 aliphatic rings. The highest BCUT2D eigenvalue weighted by Gasteiger charge is 2.33. The van der Waals surface area contributed by atoms with Gasteiger partial charge in [-0.1, -0.05) is 0 Å². The Balaban J connectivity index is 2.92. The monoisotopic (exact) mass is 291 g/mol. The first-order valence-electron chi connectivity index (χ1n) is 6.30. The van der Waals surface area contributed by atoms with E-state index in [1.807, 2.05) is 32.8 Å². The zero-order valence-electron chi connectivity index (χ0n) is 12.0. The highest BCUT2D eigenvalue weighted by molar-refractivity contribution is 5.43. The number of halogens is 3. The molecule has 0 atom stereocenters. The van der Waals surface area contributed by atoms with Gasteiger partial charge >= 0.3 is 6.18 Å². The standard InChI is InChI=1S/C12H20F3N5/c1-8(2)17-10-7-9(12(13,14)15)18-11(19-10)16-5-6-20(3)4/h7-8H,5-6H2,1-4H3,(H2,16,17,18,19). The smallest absolute Gasteiger partial charge is 0.368 e. The lowest BCUT2D eigenvalue weighted by Crippen LogP contribution is -2.23. The summed E-state index contributed by atoms with van der Waals surface area (Å²) in [6.07, 6.45) is -4.49. The molecule has 8 heteroatoms. The van der Waals surface area contributed by atoms with Gasteiger partial charge < -0.3 is 15.5 Å². The van der Waals surface area contributed by atoms with Gasteiger partial charge in [0.15, 0.2) is 5.69 Å². The summed E-state index contributed by atoms with van der Waals surface area (Å²) in [5.74, 6) is 0.138. The lowest BCUT2D eigenvalue weighted by atomic mass is 10.3. The van der Waals surface area contributed by atoms with Crippen molar-refractivity contribution in [2.45, 2.75) is 26.1 Å². The number of hydrogen-bond donors (Lipinski definition) is 2. The summed E-state index contributed by atoms with van der Waals surface area (Å²) in [5.41, 5.74) is -0.956. The summed E-state index contributed by atoms with van der Waals surface area (Å²) in [7, 11) is 3.75. The van der Waals surface area contributed by atoms with E-state index in [4.69, 9.17) is 0 Å². The van der Waals surface area contributed by atoms with E-state index in [-0.39, 0.29) is 17.8 Å². The molecule has 0 saturated carbocycles. The number of likely N-dealkylation sites (N-methyl/N-ethyl adjacent to an activating group) is 1. The molecule has 0 radical (unpaired) electrons. The van der Waals surface area contributed by atoms with E-state index in [2.05, 4.69) is 20.6 Å². The van der Waals surface area contributed by atoms with Crippen molar-refractivity contribution in [2.75, 3.05) is 37.8 Å². The molecule has 0 aromatic carbocycles. The van der Waals surface area contributed by atoms with Crippen LogP contribution in [0.5, 0.6) is 0 Å². The van der Waals surface area contributed by atoms with Gasteiger partial charge in [0.25, 0.3) is 0 Å². The van der Waals surface area contributed by atoms with Crippen LogP contribution in [0, 0.1) is 0 Å². The molecule has 0 aliphatic carbocycles. The van der Waals surface area contributed by atoms with Crippen LogP contribution in [0.3, 0.4) is 0 Å². The summed E-state index contributed by atoms with van der Waals surface area (Å²) in [5, 5.41) is 5.65. The first kappa shape index (κ1) is 16.5. The van der Waals surface area contributed by atoms with Crippen LogP contribution in [0.4, 0.5) is 24.9 Å². The third-order valence-electron chi connectivity index (χ3n) is 2.30. The van der Waals surface area contributed by atoms with Gasteiger partial charge in [0.2, 0.25) is 5.95 Å². The molecule has 0 saturated heterocycles. The predicted molar refractivity (Wildman–Crippen MR) is 72.8 cm³/mol. The fourth-order valence-corrected chi connectivity index (χ4v) is 1.43. The first-order chi connectivity index (χ1) is 9.18. The second kappa shape index (κ2) is 6.74. The molecule has 0 bridgehead atoms. The highest BCUT2D eigenvalue weighted by Crippen LogP contribution is 2.29. The fourth-order valence-electron chi connectivity index (χ4n) is 1.43. The Bertz CT molecular complexity index is 432. The maximum Gasteiger partial charge on any atom is 0.433 e. The molecule has 0 aliphatic heterocycles. The van der Waals surface area contributed by atoms with E-state index in [9.17, 15) is 13.2 Å². The normalized spacial score (nSPS) is 12.1. The van der Waals surface area contributed by atoms with Gasteiger partial charge in [0.05, 0.1) is 0 Å². The number of aromatic nitrogens is 2. The van der Waals surface area contributed by atoms with Crippen LogP contribution >= 0.6 is 0 Å². The van der Waals surface area contributed by atoms with Crippen molar-refractivity contribution in [3.05, 3.63) is 11.8 Å². The van der Waals surface area contributed by atoms with Crippen molar-refractivity contribution in [3.63, 3.8) is 0 Å². The molecule has 5 nitrogen and oxygen atoms in total. The van der Waals surface area contributed by atoms with Crippen LogP contribution in [-0.4, -0.2) is 48.1 Å². The number of hydrogen-bond acceptors (Lipinski definition) is 5. The van der Waals surface area contributed by atoms with E-state index in [1.165, 1.54) is 0 Å². The SMILES string of the molecule is CC(C)Nc1cc(C(F)(F)F)nc(NCCN(C)C)n1. The zero-order valence-corrected chi connectivity index (χ0v) is 12.0. The molecule has 0 fully saturated rings. The summed E-state index contributed by atoms with van der Waals surface area (Å²) in [6.45, 7) is 4.80. The molecular weight excluding hydrogens is 271 g/mol. The number of alkyl halides is 3. The van der Waals surface area contributed by atoms with Crippen molar-refractivity contribution >= 4 is 11.8 Å². The molecule has 1 aromatic rings. The molecule has 1 aromatic heterocycles. The molecule has 2 N–H and O–H groups in total. The topological polar surface area (TPSA) is 53.1 Å². The maximum atomic E-state index is 12.8. The molecule has 0 unspecified atom stereocenters. The fraction of sp³-hybridized carbons (Fsp3) is 0.667. The predicted octanol–water partition coefficient (Wildman–Crippen LogP) is 2.29. The Hall–Kier alpha value is -1.57. The van der Waals surface area contributed by atoms with Crippen molar-refractivity contribution < 1.29 is 13.2 Å². The van der Waals surface area contributed by atoms with Crippen molar-refractivity contribution in [3.8, 4) is 0 Å². The van der Waals surface area contributed by atoms with E-state index in [1.54, 1.807) is 0 Å². The molecule has 0 amide bonds. The van der Waals surface area contributed by atoms with E-state index >= 15 is 0 Å². The van der Waals surface area contributed by atoms with Gasteiger partial charge in [-0.25, -0.2) is 4.98 Å². The van der Waals surface area contributed by atoms with Gasteiger partial charge in [-0.3, -0.25) is 0 Å². The first-order valence-corrected chi connectivity index (χ1v) is 6.30. The minimum atomic E-state index is -4.49. The summed E-state index contributed by atoms with van der Waals surface area (Å²) < 4.78 is 38.3. The Morgan fingerprint density at radius 2 is 1.90 bits per heavy atom. The number of nitrogens with zero attached hydrogens (tertiary/aromatic N) is 3. The third kappa shape index (κ3) is 5.60. The minimum absolute atomic E-state index is 0.0133. The lowest BCUT2D eigenvalue weighted by Gasteiger charge is -2.15. The summed E-state index contributed by atoms with van der Waals surface area (Å²) in [6, 6.07) is 0.900. The largest absolute Gasteiger partial charge is 0.433 e. The number of anilines is 2. The molecule has 114 valence electrons. The Morgan fingerprint density at radius 3 is 2.40 bits per heavy atom. The van der Waals surface area contributed by atoms with Gasteiger partial charge in [-0.2, -0.15) is 18.2 Å². The van der Waals surface area contributed by atoms with Crippen molar-refractivity contribution in [1.29, 1.82) is 0 Å². The van der Waals surface area contributed by atoms with Gasteiger partial charge in [-0.15, -0.1) is 0 Å². The van der Waals surface area contributed by atoms with Crippen LogP contribution in [0.25, 0.3) is 0 Å². The van der Waals surface area contributed by atoms with Crippen LogP contribution in [0.1, 0.15) is 19.5 Å². The second-order valence-corrected chi connectivity index (χ2v) is 4.99. The lowest BCUT2D eigenvalue weighted by molar-refractivity contribution is -0.141. The third-order valence-corrected chi connectivity index (χ3v) is 2.30. The average molecular weight is 291 g/mol. The van der Waals surface area contributed by atoms with Gasteiger partial charge in [0.1, 0.15) is 5.82 Å². The Morgan fingerprint density at radius 1 is 1.25 bits per heavy atom. The molecule has 0 spiro atoms. The van der Waals surface area contributed by atoms with E-state index in [0.717, 1.165) is 6.07 Å². The maximum absolute atomic E-state index is 12.8. The second-order valence-electron chi connectivity index (χ2n) is 4.99. The average Bonchev–Trinajstić information content (AvgIpc) is 2.25. The minimum Gasteiger partial charge on any atom is -0.368 e. The number of nitrogens with one attached hydrogen (secondary N) is 2. The molecule has 20 heavy (non-hydrogen) atoms. The van der Waals surface area contributed by atoms with E-state index < -0.39 is 11.9 Å². The molecule has 1 rings (SSSR count). The van der Waals surface area contributed by atoms with Crippen LogP contribution < -0.4 is 10.6 Å². The van der Waals surface area contributed by atoms with Crippen LogP contribution in [-0.2, 0) is 6.18 Å². The Kier molecular flexibility index (Phi) is 5.55. The van der Waals surface area contributed by atoms with Crippen LogP contribution in [0.15, 0.2) is 6.07 Å². The summed E-state index contributed by atoms with van der Waals surface area (Å²) >= 11 is 0. The quantitative estimate of drug-likeness (QED) is 0.842. The van der Waals surface area contributed by atoms with Gasteiger partial charge in [0, 0.05) is 25.2 Å².